The summed E-state index contributed by atoms with van der Waals surface area (Å²) in [6.45, 7) is 2.84. The highest BCUT2D eigenvalue weighted by atomic mass is 32.1. The van der Waals surface area contributed by atoms with Crippen LogP contribution in [0.2, 0.25) is 0 Å². The minimum Gasteiger partial charge on any atom is -0.406 e. The average Bonchev–Trinajstić information content (AvgIpc) is 3.14. The monoisotopic (exact) mass is 485 g/mol. The van der Waals surface area contributed by atoms with Crippen LogP contribution >= 0.6 is 11.3 Å². The van der Waals surface area contributed by atoms with Crippen molar-refractivity contribution in [1.29, 1.82) is 0 Å². The Morgan fingerprint density at radius 1 is 1.06 bits per heavy atom. The van der Waals surface area contributed by atoms with Crippen molar-refractivity contribution >= 4 is 28.8 Å². The fourth-order valence-electron chi connectivity index (χ4n) is 2.77. The second-order valence-electron chi connectivity index (χ2n) is 6.83. The van der Waals surface area contributed by atoms with E-state index in [9.17, 15) is 31.5 Å². The van der Waals surface area contributed by atoms with Gasteiger partial charge in [-0.1, -0.05) is 6.07 Å². The van der Waals surface area contributed by atoms with Crippen molar-refractivity contribution in [3.05, 3.63) is 74.7 Å². The Balaban J connectivity index is 1.72. The van der Waals surface area contributed by atoms with Crippen molar-refractivity contribution in [1.82, 2.24) is 10.3 Å². The lowest BCUT2D eigenvalue weighted by Gasteiger charge is -2.13. The summed E-state index contributed by atoms with van der Waals surface area (Å²) in [6.07, 6.45) is -3.58. The maximum atomic E-state index is 14.4. The number of alkyl halides is 3. The normalized spacial score (nSPS) is 11.2. The number of anilines is 1. The number of aromatic nitrogens is 1. The summed E-state index contributed by atoms with van der Waals surface area (Å²) in [5, 5.41) is 5.57. The maximum absolute atomic E-state index is 14.4. The molecule has 0 bridgehead atoms. The first-order valence-electron chi connectivity index (χ1n) is 9.29. The first-order valence-corrected chi connectivity index (χ1v) is 10.1. The van der Waals surface area contributed by atoms with Crippen molar-refractivity contribution in [2.24, 2.45) is 0 Å². The molecule has 0 saturated heterocycles. The molecule has 2 amide bonds. The first kappa shape index (κ1) is 24.1. The molecule has 0 radical (unpaired) electrons. The number of amides is 2. The fraction of sp³-hybridized carbons (Fsp3) is 0.190. The molecule has 3 rings (SSSR count). The van der Waals surface area contributed by atoms with E-state index < -0.39 is 47.7 Å². The molecule has 3 aromatic rings. The van der Waals surface area contributed by atoms with Gasteiger partial charge in [0.15, 0.2) is 0 Å². The quantitative estimate of drug-likeness (QED) is 0.475. The van der Waals surface area contributed by atoms with Crippen molar-refractivity contribution in [3.8, 4) is 5.75 Å². The molecule has 0 saturated carbocycles. The van der Waals surface area contributed by atoms with Crippen LogP contribution in [0.25, 0.3) is 0 Å². The van der Waals surface area contributed by atoms with Crippen LogP contribution in [0.4, 0.5) is 27.6 Å². The van der Waals surface area contributed by atoms with Gasteiger partial charge in [-0.05, 0) is 37.6 Å². The lowest BCUT2D eigenvalue weighted by Crippen LogP contribution is -2.25. The SMILES string of the molecule is Cc1ncc(C(=O)Nc2cc(C(=O)NCc3ccc(OC(F)(F)F)cc3F)c(F)cc2C)s1. The summed E-state index contributed by atoms with van der Waals surface area (Å²) in [5.41, 5.74) is 0.00988. The molecule has 0 atom stereocenters. The third-order valence-electron chi connectivity index (χ3n) is 4.35. The van der Waals surface area contributed by atoms with E-state index >= 15 is 0 Å². The molecule has 0 spiro atoms. The van der Waals surface area contributed by atoms with Gasteiger partial charge in [-0.3, -0.25) is 9.59 Å². The van der Waals surface area contributed by atoms with Gasteiger partial charge in [0.1, 0.15) is 22.3 Å². The number of carbonyl (C=O) groups is 2. The van der Waals surface area contributed by atoms with E-state index in [2.05, 4.69) is 20.4 Å². The van der Waals surface area contributed by atoms with Crippen LogP contribution in [-0.2, 0) is 6.54 Å². The van der Waals surface area contributed by atoms with Gasteiger partial charge in [0.25, 0.3) is 11.8 Å². The first-order chi connectivity index (χ1) is 15.4. The van der Waals surface area contributed by atoms with Gasteiger partial charge < -0.3 is 15.4 Å². The summed E-state index contributed by atoms with van der Waals surface area (Å²) < 4.78 is 68.7. The Morgan fingerprint density at radius 2 is 1.79 bits per heavy atom. The summed E-state index contributed by atoms with van der Waals surface area (Å²) in [6, 6.07) is 4.62. The number of nitrogens with zero attached hydrogens (tertiary/aromatic N) is 1. The van der Waals surface area contributed by atoms with Gasteiger partial charge in [0.05, 0.1) is 16.8 Å². The number of benzene rings is 2. The molecule has 33 heavy (non-hydrogen) atoms. The molecule has 12 heteroatoms. The number of aryl methyl sites for hydroxylation is 2. The molecule has 1 heterocycles. The van der Waals surface area contributed by atoms with Crippen LogP contribution in [0.1, 0.15) is 36.2 Å². The number of hydrogen-bond donors (Lipinski definition) is 2. The predicted molar refractivity (Wildman–Crippen MR) is 110 cm³/mol. The molecule has 2 aromatic carbocycles. The highest BCUT2D eigenvalue weighted by molar-refractivity contribution is 7.13. The Labute approximate surface area is 188 Å². The van der Waals surface area contributed by atoms with Gasteiger partial charge in [-0.15, -0.1) is 24.5 Å². The molecule has 0 aliphatic heterocycles. The van der Waals surface area contributed by atoms with Gasteiger partial charge in [0, 0.05) is 23.9 Å². The topological polar surface area (TPSA) is 80.3 Å². The van der Waals surface area contributed by atoms with Gasteiger partial charge in [0.2, 0.25) is 0 Å². The molecule has 0 unspecified atom stereocenters. The van der Waals surface area contributed by atoms with E-state index in [1.54, 1.807) is 6.92 Å². The second-order valence-corrected chi connectivity index (χ2v) is 8.06. The van der Waals surface area contributed by atoms with E-state index in [1.165, 1.54) is 13.1 Å². The van der Waals surface area contributed by atoms with Gasteiger partial charge in [-0.25, -0.2) is 13.8 Å². The summed E-state index contributed by atoms with van der Waals surface area (Å²) >= 11 is 1.16. The molecule has 174 valence electrons. The average molecular weight is 485 g/mol. The minimum atomic E-state index is -4.98. The van der Waals surface area contributed by atoms with Gasteiger partial charge in [-0.2, -0.15) is 0 Å². The zero-order valence-corrected chi connectivity index (χ0v) is 18.0. The minimum absolute atomic E-state index is 0.139. The van der Waals surface area contributed by atoms with E-state index in [-0.39, 0.29) is 11.3 Å². The second kappa shape index (κ2) is 9.53. The number of rotatable bonds is 6. The smallest absolute Gasteiger partial charge is 0.406 e. The van der Waals surface area contributed by atoms with E-state index in [0.29, 0.717) is 21.5 Å². The molecular formula is C21H16F5N3O3S. The Morgan fingerprint density at radius 3 is 2.39 bits per heavy atom. The zero-order chi connectivity index (χ0) is 24.3. The Kier molecular flexibility index (Phi) is 6.96. The third-order valence-corrected chi connectivity index (χ3v) is 5.26. The highest BCUT2D eigenvalue weighted by Gasteiger charge is 2.31. The number of carbonyl (C=O) groups excluding carboxylic acids is 2. The fourth-order valence-corrected chi connectivity index (χ4v) is 3.44. The third kappa shape index (κ3) is 6.25. The number of hydrogen-bond acceptors (Lipinski definition) is 5. The van der Waals surface area contributed by atoms with Crippen LogP contribution < -0.4 is 15.4 Å². The van der Waals surface area contributed by atoms with Crippen LogP contribution in [0.3, 0.4) is 0 Å². The Bertz CT molecular complexity index is 1210. The van der Waals surface area contributed by atoms with Crippen molar-refractivity contribution < 1.29 is 36.3 Å². The lowest BCUT2D eigenvalue weighted by molar-refractivity contribution is -0.274. The highest BCUT2D eigenvalue weighted by Crippen LogP contribution is 2.25. The zero-order valence-electron chi connectivity index (χ0n) is 17.1. The van der Waals surface area contributed by atoms with Crippen LogP contribution in [0.5, 0.6) is 5.75 Å². The molecule has 0 aliphatic carbocycles. The molecule has 2 N–H and O–H groups in total. The van der Waals surface area contributed by atoms with Crippen LogP contribution in [0, 0.1) is 25.5 Å². The van der Waals surface area contributed by atoms with Crippen molar-refractivity contribution in [3.63, 3.8) is 0 Å². The molecule has 6 nitrogen and oxygen atoms in total. The summed E-state index contributed by atoms with van der Waals surface area (Å²) in [4.78, 5) is 29.1. The van der Waals surface area contributed by atoms with E-state index in [0.717, 1.165) is 35.6 Å². The molecule has 1 aromatic heterocycles. The summed E-state index contributed by atoms with van der Waals surface area (Å²) in [7, 11) is 0. The van der Waals surface area contributed by atoms with Crippen molar-refractivity contribution in [2.75, 3.05) is 5.32 Å². The van der Waals surface area contributed by atoms with Crippen molar-refractivity contribution in [2.45, 2.75) is 26.8 Å². The lowest BCUT2D eigenvalue weighted by atomic mass is 10.1. The largest absolute Gasteiger partial charge is 0.573 e. The predicted octanol–water partition coefficient (Wildman–Crippen LogP) is 5.12. The number of thiazole rings is 1. The molecular weight excluding hydrogens is 469 g/mol. The van der Waals surface area contributed by atoms with E-state index in [4.69, 9.17) is 0 Å². The maximum Gasteiger partial charge on any atom is 0.573 e. The number of halogens is 5. The number of nitrogens with one attached hydrogen (secondary N) is 2. The van der Waals surface area contributed by atoms with E-state index in [1.807, 2.05) is 0 Å². The molecule has 0 aliphatic rings. The van der Waals surface area contributed by atoms with Crippen LogP contribution in [-0.4, -0.2) is 23.2 Å². The summed E-state index contributed by atoms with van der Waals surface area (Å²) in [5.74, 6) is -4.06. The number of ether oxygens (including phenoxy) is 1. The Hall–Kier alpha value is -3.54. The van der Waals surface area contributed by atoms with Gasteiger partial charge >= 0.3 is 6.36 Å². The molecule has 0 fully saturated rings. The standard InChI is InChI=1S/C21H16F5N3O3S/c1-10-5-16(23)14(7-17(10)29-20(31)18-9-27-11(2)33-18)19(30)28-8-12-3-4-13(6-15(12)22)32-21(24,25)26/h3-7,9H,8H2,1-2H3,(H,28,30)(H,29,31). The van der Waals surface area contributed by atoms with Crippen LogP contribution in [0.15, 0.2) is 36.5 Å².